The van der Waals surface area contributed by atoms with Crippen LogP contribution in [-0.2, 0) is 22.7 Å². The van der Waals surface area contributed by atoms with Crippen molar-refractivity contribution in [1.29, 1.82) is 0 Å². The first kappa shape index (κ1) is 11.4. The summed E-state index contributed by atoms with van der Waals surface area (Å²) in [6.07, 6.45) is 0. The molecular formula is C4H12OPtSi2. The van der Waals surface area contributed by atoms with E-state index in [9.17, 15) is 0 Å². The van der Waals surface area contributed by atoms with Gasteiger partial charge in [0.25, 0.3) is 0 Å². The first-order chi connectivity index (χ1) is 3.83. The van der Waals surface area contributed by atoms with Crippen molar-refractivity contribution in [1.82, 2.24) is 0 Å². The third-order valence-corrected chi connectivity index (χ3v) is 1.22. The van der Waals surface area contributed by atoms with Crippen molar-refractivity contribution in [3.63, 3.8) is 0 Å². The zero-order valence-electron chi connectivity index (χ0n) is 5.29. The molecule has 0 aromatic carbocycles. The molecule has 1 nitrogen and oxygen atoms in total. The van der Waals surface area contributed by atoms with Gasteiger partial charge in [0, 0.05) is 0 Å². The molecule has 0 unspecified atom stereocenters. The van der Waals surface area contributed by atoms with Gasteiger partial charge in [-0.15, -0.1) is 0 Å². The average Bonchev–Trinajstić information content (AvgIpc) is 1.71. The molecule has 0 aromatic rings. The maximum Gasteiger partial charge on any atom is 0.129 e. The predicted molar refractivity (Wildman–Crippen MR) is 41.4 cm³/mol. The van der Waals surface area contributed by atoms with E-state index in [-0.39, 0.29) is 18.6 Å². The maximum absolute atomic E-state index is 4.53. The van der Waals surface area contributed by atoms with E-state index in [2.05, 4.69) is 17.3 Å². The molecule has 0 aliphatic heterocycles. The van der Waals surface area contributed by atoms with E-state index in [1.807, 2.05) is 8.93 Å². The van der Waals surface area contributed by atoms with Crippen LogP contribution in [0.5, 0.6) is 0 Å². The van der Waals surface area contributed by atoms with E-state index >= 15 is 0 Å². The summed E-state index contributed by atoms with van der Waals surface area (Å²) in [6.45, 7) is 7.06. The molecule has 52 valence electrons. The molecular weight excluding hydrogens is 315 g/mol. The summed E-state index contributed by atoms with van der Waals surface area (Å²) in [7, 11) is 1.86. The molecule has 0 aliphatic rings. The molecule has 0 rings (SSSR count). The molecule has 0 aliphatic carbocycles. The van der Waals surface area contributed by atoms with Crippen molar-refractivity contribution in [3.8, 4) is 0 Å². The van der Waals surface area contributed by atoms with Crippen LogP contribution < -0.4 is 0 Å². The quantitative estimate of drug-likeness (QED) is 0.587. The Bertz CT molecular complexity index is 52.0. The van der Waals surface area contributed by atoms with E-state index < -0.39 is 0 Å². The summed E-state index contributed by atoms with van der Waals surface area (Å²) in [5.74, 6) is 0. The molecule has 0 atom stereocenters. The minimum absolute atomic E-state index is 0.151. The Morgan fingerprint density at radius 2 is 1.50 bits per heavy atom. The van der Waals surface area contributed by atoms with Gasteiger partial charge in [0.15, 0.2) is 0 Å². The molecule has 0 radical (unpaired) electrons. The Labute approximate surface area is 65.8 Å². The van der Waals surface area contributed by atoms with Gasteiger partial charge in [-0.1, -0.05) is 0 Å². The fourth-order valence-electron chi connectivity index (χ4n) is 0.0527. The topological polar surface area (TPSA) is 9.23 Å². The zero-order chi connectivity index (χ0) is 6.83. The van der Waals surface area contributed by atoms with Gasteiger partial charge in [0.05, 0.1) is 0 Å². The molecule has 0 bridgehead atoms. The second kappa shape index (κ2) is 15.6. The molecule has 0 heterocycles. The van der Waals surface area contributed by atoms with Gasteiger partial charge >= 0.3 is 40.7 Å². The van der Waals surface area contributed by atoms with Crippen LogP contribution in [0, 0.1) is 0 Å². The number of hydrogen-bond acceptors (Lipinski definition) is 1. The van der Waals surface area contributed by atoms with Crippen molar-refractivity contribution < 1.29 is 22.7 Å². The van der Waals surface area contributed by atoms with Gasteiger partial charge in [-0.2, -0.15) is 0 Å². The van der Waals surface area contributed by atoms with Crippen molar-refractivity contribution in [2.75, 3.05) is 0 Å². The largest absolute Gasteiger partial charge is 0.471 e. The average molecular weight is 327 g/mol. The molecule has 0 saturated carbocycles. The smallest absolute Gasteiger partial charge is 0.129 e. The van der Waals surface area contributed by atoms with Crippen LogP contribution in [0.3, 0.4) is 0 Å². The maximum atomic E-state index is 4.53. The van der Waals surface area contributed by atoms with Crippen LogP contribution >= 0.6 is 0 Å². The van der Waals surface area contributed by atoms with Crippen molar-refractivity contribution in [2.24, 2.45) is 0 Å². The van der Waals surface area contributed by atoms with Crippen molar-refractivity contribution in [2.45, 2.75) is 0 Å². The second-order valence-electron chi connectivity index (χ2n) is 0.772. The third kappa shape index (κ3) is 30.9. The summed E-state index contributed by atoms with van der Waals surface area (Å²) in [6, 6.07) is 0. The minimum Gasteiger partial charge on any atom is -0.471 e. The molecule has 4 heteroatoms. The van der Waals surface area contributed by atoms with Crippen molar-refractivity contribution >= 4 is 21.0 Å². The van der Waals surface area contributed by atoms with Gasteiger partial charge in [0.2, 0.25) is 0 Å². The fourth-order valence-corrected chi connectivity index (χ4v) is 0.431. The predicted octanol–water partition coefficient (Wildman–Crippen LogP) is -1.08. The van der Waals surface area contributed by atoms with Gasteiger partial charge in [0.1, 0.15) is 21.0 Å². The van der Waals surface area contributed by atoms with Gasteiger partial charge in [-0.05, 0) is 0 Å². The van der Waals surface area contributed by atoms with Gasteiger partial charge in [-0.3, -0.25) is 0 Å². The summed E-state index contributed by atoms with van der Waals surface area (Å²) < 4.78 is 8.38. The van der Waals surface area contributed by atoms with Crippen LogP contribution in [-0.4, -0.2) is 21.0 Å². The molecule has 0 N–H and O–H groups in total. The number of rotatable bonds is 2. The molecule has 0 aromatic heterocycles. The first-order valence-corrected chi connectivity index (χ1v) is 6.25. The van der Waals surface area contributed by atoms with Crippen LogP contribution in [0.4, 0.5) is 0 Å². The Hall–Kier alpha value is 0.562. The zero-order valence-corrected chi connectivity index (χ0v) is 11.6. The first-order valence-electron chi connectivity index (χ1n) is 2.00. The van der Waals surface area contributed by atoms with E-state index in [1.54, 1.807) is 0 Å². The standard InChI is InChI=1S/2C2H3.H6OSi2.Pt/c2*1-2;2-1-3;/h2*1H,2H2;2-3H3;. The van der Waals surface area contributed by atoms with Gasteiger partial charge in [-0.25, -0.2) is 0 Å². The van der Waals surface area contributed by atoms with E-state index in [1.165, 1.54) is 0 Å². The van der Waals surface area contributed by atoms with E-state index in [4.69, 9.17) is 0 Å². The molecule has 0 fully saturated rings. The van der Waals surface area contributed by atoms with Crippen LogP contribution in [0.15, 0.2) is 22.1 Å². The van der Waals surface area contributed by atoms with Gasteiger partial charge < -0.3 is 4.12 Å². The monoisotopic (exact) mass is 327 g/mol. The van der Waals surface area contributed by atoms with Crippen molar-refractivity contribution in [3.05, 3.63) is 22.1 Å². The molecule has 0 spiro atoms. The van der Waals surface area contributed by atoms with Crippen LogP contribution in [0.2, 0.25) is 0 Å². The molecule has 8 heavy (non-hydrogen) atoms. The molecule has 0 saturated heterocycles. The van der Waals surface area contributed by atoms with E-state index in [0.29, 0.717) is 0 Å². The third-order valence-electron chi connectivity index (χ3n) is 0.149. The summed E-state index contributed by atoms with van der Waals surface area (Å²) in [5, 5.41) is 0. The normalized spacial score (nSPS) is 7.50. The Kier molecular flexibility index (Phi) is 22.2. The minimum atomic E-state index is 0.151. The van der Waals surface area contributed by atoms with Crippen LogP contribution in [0.1, 0.15) is 0 Å². The van der Waals surface area contributed by atoms with Crippen LogP contribution in [0.25, 0.3) is 0 Å². The summed E-state index contributed by atoms with van der Waals surface area (Å²) in [5.41, 5.74) is 0. The Morgan fingerprint density at radius 3 is 1.50 bits per heavy atom. The molecule has 0 amide bonds. The second-order valence-corrected chi connectivity index (χ2v) is 6.65. The Balaban J connectivity index is 0. The summed E-state index contributed by atoms with van der Waals surface area (Å²) >= 11 is 0.151. The fraction of sp³-hybridized carbons (Fsp3) is 0. The Morgan fingerprint density at radius 1 is 1.25 bits per heavy atom. The number of hydrogen-bond donors (Lipinski definition) is 0. The summed E-state index contributed by atoms with van der Waals surface area (Å²) in [4.78, 5) is 0. The SMILES string of the molecule is C=[CH][Pt][CH]=C.[SiH3]O[SiH3]. The van der Waals surface area contributed by atoms with E-state index in [0.717, 1.165) is 21.0 Å².